The van der Waals surface area contributed by atoms with Gasteiger partial charge in [0.1, 0.15) is 5.69 Å². The van der Waals surface area contributed by atoms with Gasteiger partial charge in [0.25, 0.3) is 5.91 Å². The summed E-state index contributed by atoms with van der Waals surface area (Å²) in [5.74, 6) is -0.0720. The molecule has 0 spiro atoms. The molecular weight excluding hydrogens is 226 g/mol. The fourth-order valence-corrected chi connectivity index (χ4v) is 2.41. The van der Waals surface area contributed by atoms with Crippen molar-refractivity contribution in [2.75, 3.05) is 0 Å². The molecule has 0 unspecified atom stereocenters. The van der Waals surface area contributed by atoms with Crippen LogP contribution < -0.4 is 11.1 Å². The number of carbonyl (C=O) groups excluding carboxylic acids is 1. The van der Waals surface area contributed by atoms with Crippen LogP contribution in [0.15, 0.2) is 18.3 Å². The van der Waals surface area contributed by atoms with E-state index in [1.165, 1.54) is 25.7 Å². The number of hydrogen-bond acceptors (Lipinski definition) is 3. The summed E-state index contributed by atoms with van der Waals surface area (Å²) in [5.41, 5.74) is 6.98. The van der Waals surface area contributed by atoms with E-state index in [2.05, 4.69) is 10.3 Å². The Hall–Kier alpha value is -1.42. The molecule has 1 amide bonds. The van der Waals surface area contributed by atoms with Crippen molar-refractivity contribution in [1.82, 2.24) is 10.3 Å². The highest BCUT2D eigenvalue weighted by molar-refractivity contribution is 5.92. The molecule has 4 heteroatoms. The molecule has 18 heavy (non-hydrogen) atoms. The number of nitrogens with one attached hydrogen (secondary N) is 1. The van der Waals surface area contributed by atoms with Crippen LogP contribution in [0, 0.1) is 0 Å². The highest BCUT2D eigenvalue weighted by Crippen LogP contribution is 2.17. The molecule has 1 saturated carbocycles. The molecule has 0 aromatic carbocycles. The smallest absolute Gasteiger partial charge is 0.270 e. The van der Waals surface area contributed by atoms with Crippen LogP contribution in [0.5, 0.6) is 0 Å². The summed E-state index contributed by atoms with van der Waals surface area (Å²) < 4.78 is 0. The standard InChI is InChI=1S/C14H21N3O/c15-10-11-7-8-16-13(9-11)14(18)17-12-5-3-1-2-4-6-12/h7-9,12H,1-6,10,15H2,(H,17,18). The first-order valence-electron chi connectivity index (χ1n) is 6.75. The predicted molar refractivity (Wildman–Crippen MR) is 71.1 cm³/mol. The van der Waals surface area contributed by atoms with Gasteiger partial charge in [-0.2, -0.15) is 0 Å². The van der Waals surface area contributed by atoms with Crippen LogP contribution in [0.3, 0.4) is 0 Å². The summed E-state index contributed by atoms with van der Waals surface area (Å²) in [4.78, 5) is 16.2. The monoisotopic (exact) mass is 247 g/mol. The average molecular weight is 247 g/mol. The third kappa shape index (κ3) is 3.53. The second-order valence-corrected chi connectivity index (χ2v) is 4.92. The number of hydrogen-bond donors (Lipinski definition) is 2. The van der Waals surface area contributed by atoms with Crippen molar-refractivity contribution in [2.45, 2.75) is 51.1 Å². The molecule has 1 heterocycles. The van der Waals surface area contributed by atoms with Gasteiger partial charge >= 0.3 is 0 Å². The lowest BCUT2D eigenvalue weighted by Gasteiger charge is -2.15. The number of carbonyl (C=O) groups is 1. The lowest BCUT2D eigenvalue weighted by atomic mass is 10.1. The molecule has 0 atom stereocenters. The summed E-state index contributed by atoms with van der Waals surface area (Å²) in [6.45, 7) is 0.437. The summed E-state index contributed by atoms with van der Waals surface area (Å²) in [7, 11) is 0. The first kappa shape index (κ1) is 13.0. The van der Waals surface area contributed by atoms with Gasteiger partial charge in [0.05, 0.1) is 0 Å². The van der Waals surface area contributed by atoms with Gasteiger partial charge < -0.3 is 11.1 Å². The highest BCUT2D eigenvalue weighted by atomic mass is 16.1. The van der Waals surface area contributed by atoms with E-state index in [-0.39, 0.29) is 5.91 Å². The molecule has 1 fully saturated rings. The largest absolute Gasteiger partial charge is 0.348 e. The molecule has 1 aliphatic carbocycles. The van der Waals surface area contributed by atoms with Gasteiger partial charge in [-0.05, 0) is 30.5 Å². The third-order valence-corrected chi connectivity index (χ3v) is 3.48. The zero-order valence-electron chi connectivity index (χ0n) is 10.7. The van der Waals surface area contributed by atoms with Gasteiger partial charge in [-0.15, -0.1) is 0 Å². The normalized spacial score (nSPS) is 17.2. The van der Waals surface area contributed by atoms with E-state index < -0.39 is 0 Å². The maximum atomic E-state index is 12.1. The Kier molecular flexibility index (Phi) is 4.70. The van der Waals surface area contributed by atoms with Gasteiger partial charge in [0.15, 0.2) is 0 Å². The van der Waals surface area contributed by atoms with Crippen LogP contribution in [0.2, 0.25) is 0 Å². The van der Waals surface area contributed by atoms with E-state index in [0.717, 1.165) is 18.4 Å². The quantitative estimate of drug-likeness (QED) is 0.803. The number of nitrogens with two attached hydrogens (primary N) is 1. The Morgan fingerprint density at radius 2 is 2.06 bits per heavy atom. The first-order valence-corrected chi connectivity index (χ1v) is 6.75. The lowest BCUT2D eigenvalue weighted by molar-refractivity contribution is 0.0928. The van der Waals surface area contributed by atoms with Crippen LogP contribution in [0.4, 0.5) is 0 Å². The van der Waals surface area contributed by atoms with Crippen LogP contribution in [0.1, 0.15) is 54.6 Å². The van der Waals surface area contributed by atoms with Crippen molar-refractivity contribution >= 4 is 5.91 Å². The second-order valence-electron chi connectivity index (χ2n) is 4.92. The minimum Gasteiger partial charge on any atom is -0.348 e. The SMILES string of the molecule is NCc1ccnc(C(=O)NC2CCCCCC2)c1. The summed E-state index contributed by atoms with van der Waals surface area (Å²) >= 11 is 0. The van der Waals surface area contributed by atoms with Crippen LogP contribution >= 0.6 is 0 Å². The van der Waals surface area contributed by atoms with Gasteiger partial charge in [-0.3, -0.25) is 9.78 Å². The van der Waals surface area contributed by atoms with E-state index in [0.29, 0.717) is 18.3 Å². The fraction of sp³-hybridized carbons (Fsp3) is 0.571. The fourth-order valence-electron chi connectivity index (χ4n) is 2.41. The number of rotatable bonds is 3. The maximum Gasteiger partial charge on any atom is 0.270 e. The average Bonchev–Trinajstić information content (AvgIpc) is 2.67. The van der Waals surface area contributed by atoms with E-state index in [9.17, 15) is 4.79 Å². The minimum absolute atomic E-state index is 0.0720. The summed E-state index contributed by atoms with van der Waals surface area (Å²) in [6.07, 6.45) is 8.80. The van der Waals surface area contributed by atoms with Crippen molar-refractivity contribution in [1.29, 1.82) is 0 Å². The molecule has 98 valence electrons. The van der Waals surface area contributed by atoms with Gasteiger partial charge in [0.2, 0.25) is 0 Å². The van der Waals surface area contributed by atoms with Crippen molar-refractivity contribution in [2.24, 2.45) is 5.73 Å². The van der Waals surface area contributed by atoms with E-state index in [4.69, 9.17) is 5.73 Å². The molecule has 0 bridgehead atoms. The van der Waals surface area contributed by atoms with Crippen molar-refractivity contribution in [3.05, 3.63) is 29.6 Å². The van der Waals surface area contributed by atoms with Crippen molar-refractivity contribution < 1.29 is 4.79 Å². The lowest BCUT2D eigenvalue weighted by Crippen LogP contribution is -2.34. The Balaban J connectivity index is 1.97. The molecule has 1 aliphatic rings. The number of amides is 1. The number of pyridine rings is 1. The first-order chi connectivity index (χ1) is 8.79. The maximum absolute atomic E-state index is 12.1. The number of nitrogens with zero attached hydrogens (tertiary/aromatic N) is 1. The van der Waals surface area contributed by atoms with E-state index in [1.807, 2.05) is 6.07 Å². The molecule has 0 aliphatic heterocycles. The van der Waals surface area contributed by atoms with Crippen LogP contribution in [-0.4, -0.2) is 16.9 Å². The summed E-state index contributed by atoms with van der Waals surface area (Å²) in [6, 6.07) is 3.91. The van der Waals surface area contributed by atoms with E-state index >= 15 is 0 Å². The highest BCUT2D eigenvalue weighted by Gasteiger charge is 2.16. The Morgan fingerprint density at radius 3 is 2.72 bits per heavy atom. The molecule has 3 N–H and O–H groups in total. The molecule has 1 aromatic heterocycles. The zero-order valence-corrected chi connectivity index (χ0v) is 10.7. The Morgan fingerprint density at radius 1 is 1.33 bits per heavy atom. The van der Waals surface area contributed by atoms with Crippen LogP contribution in [0.25, 0.3) is 0 Å². The second kappa shape index (κ2) is 6.50. The van der Waals surface area contributed by atoms with Gasteiger partial charge in [0, 0.05) is 18.8 Å². The predicted octanol–water partition coefficient (Wildman–Crippen LogP) is 1.99. The molecule has 0 saturated heterocycles. The van der Waals surface area contributed by atoms with E-state index in [1.54, 1.807) is 12.3 Å². The van der Waals surface area contributed by atoms with Crippen molar-refractivity contribution in [3.63, 3.8) is 0 Å². The number of aromatic nitrogens is 1. The van der Waals surface area contributed by atoms with Gasteiger partial charge in [-0.1, -0.05) is 25.7 Å². The Labute approximate surface area is 108 Å². The molecular formula is C14H21N3O. The van der Waals surface area contributed by atoms with Crippen LogP contribution in [-0.2, 0) is 6.54 Å². The Bertz CT molecular complexity index is 398. The van der Waals surface area contributed by atoms with Crippen molar-refractivity contribution in [3.8, 4) is 0 Å². The topological polar surface area (TPSA) is 68.0 Å². The third-order valence-electron chi connectivity index (χ3n) is 3.48. The summed E-state index contributed by atoms with van der Waals surface area (Å²) in [5, 5.41) is 3.08. The zero-order chi connectivity index (χ0) is 12.8. The molecule has 4 nitrogen and oxygen atoms in total. The molecule has 1 aromatic rings. The minimum atomic E-state index is -0.0720. The molecule has 0 radical (unpaired) electrons. The molecule has 2 rings (SSSR count). The van der Waals surface area contributed by atoms with Gasteiger partial charge in [-0.25, -0.2) is 0 Å².